The fourth-order valence-corrected chi connectivity index (χ4v) is 1.81. The summed E-state index contributed by atoms with van der Waals surface area (Å²) in [7, 11) is 1.67. The molecule has 0 aliphatic heterocycles. The molecule has 2 N–H and O–H groups in total. The Labute approximate surface area is 150 Å². The maximum absolute atomic E-state index is 5.67. The van der Waals surface area contributed by atoms with Crippen LogP contribution in [0.4, 0.5) is 0 Å². The highest BCUT2D eigenvalue weighted by Crippen LogP contribution is 2.17. The Hall–Kier alpha value is -1.02. The van der Waals surface area contributed by atoms with Crippen LogP contribution in [0, 0.1) is 0 Å². The zero-order valence-corrected chi connectivity index (χ0v) is 16.1. The number of nitrogens with one attached hydrogen (secondary N) is 2. The molecule has 0 saturated heterocycles. The number of guanidine groups is 1. The van der Waals surface area contributed by atoms with Crippen molar-refractivity contribution in [3.63, 3.8) is 0 Å². The number of methoxy groups -OCH3 is 1. The monoisotopic (exact) mass is 421 g/mol. The molecule has 0 spiro atoms. The summed E-state index contributed by atoms with van der Waals surface area (Å²) in [6, 6.07) is 7.90. The first-order valence-electron chi connectivity index (χ1n) is 7.53. The van der Waals surface area contributed by atoms with Crippen molar-refractivity contribution in [2.24, 2.45) is 4.99 Å². The van der Waals surface area contributed by atoms with E-state index in [4.69, 9.17) is 9.47 Å². The fourth-order valence-electron chi connectivity index (χ4n) is 1.81. The van der Waals surface area contributed by atoms with E-state index in [9.17, 15) is 0 Å². The summed E-state index contributed by atoms with van der Waals surface area (Å²) in [6.45, 7) is 7.76. The Balaban J connectivity index is 0.00000441. The van der Waals surface area contributed by atoms with Crippen molar-refractivity contribution in [3.05, 3.63) is 29.8 Å². The van der Waals surface area contributed by atoms with Crippen LogP contribution in [0.5, 0.6) is 5.75 Å². The summed E-state index contributed by atoms with van der Waals surface area (Å²) in [5, 5.41) is 6.46. The van der Waals surface area contributed by atoms with E-state index in [0.717, 1.165) is 43.3 Å². The predicted molar refractivity (Wildman–Crippen MR) is 102 cm³/mol. The summed E-state index contributed by atoms with van der Waals surface area (Å²) >= 11 is 0. The molecule has 0 atom stereocenters. The van der Waals surface area contributed by atoms with E-state index in [1.807, 2.05) is 24.3 Å². The van der Waals surface area contributed by atoms with Gasteiger partial charge in [0, 0.05) is 25.2 Å². The highest BCUT2D eigenvalue weighted by Gasteiger charge is 2.01. The van der Waals surface area contributed by atoms with Gasteiger partial charge in [0.05, 0.1) is 20.3 Å². The SMILES string of the molecule is CCCN=C(NCC)NCCOCc1ccccc1OC.I. The molecule has 0 fully saturated rings. The van der Waals surface area contributed by atoms with Crippen LogP contribution in [0.25, 0.3) is 0 Å². The van der Waals surface area contributed by atoms with Gasteiger partial charge in [0.2, 0.25) is 0 Å². The average molecular weight is 421 g/mol. The molecule has 126 valence electrons. The predicted octanol–water partition coefficient (Wildman–Crippen LogP) is 2.79. The van der Waals surface area contributed by atoms with Crippen molar-refractivity contribution in [2.45, 2.75) is 26.9 Å². The van der Waals surface area contributed by atoms with Gasteiger partial charge in [0.15, 0.2) is 5.96 Å². The second-order valence-electron chi connectivity index (χ2n) is 4.55. The zero-order chi connectivity index (χ0) is 15.3. The van der Waals surface area contributed by atoms with Crippen LogP contribution in [-0.2, 0) is 11.3 Å². The van der Waals surface area contributed by atoms with Crippen molar-refractivity contribution < 1.29 is 9.47 Å². The first-order valence-corrected chi connectivity index (χ1v) is 7.53. The van der Waals surface area contributed by atoms with E-state index in [0.29, 0.717) is 13.2 Å². The van der Waals surface area contributed by atoms with E-state index < -0.39 is 0 Å². The van der Waals surface area contributed by atoms with Crippen LogP contribution in [0.1, 0.15) is 25.8 Å². The zero-order valence-electron chi connectivity index (χ0n) is 13.7. The Morgan fingerprint density at radius 1 is 1.18 bits per heavy atom. The molecule has 0 aliphatic rings. The van der Waals surface area contributed by atoms with E-state index >= 15 is 0 Å². The lowest BCUT2D eigenvalue weighted by Gasteiger charge is -2.12. The van der Waals surface area contributed by atoms with Crippen LogP contribution in [0.2, 0.25) is 0 Å². The number of hydrogen-bond acceptors (Lipinski definition) is 3. The molecule has 0 aliphatic carbocycles. The van der Waals surface area contributed by atoms with E-state index in [1.165, 1.54) is 0 Å². The normalized spacial score (nSPS) is 10.8. The van der Waals surface area contributed by atoms with Crippen molar-refractivity contribution in [1.29, 1.82) is 0 Å². The van der Waals surface area contributed by atoms with Crippen LogP contribution < -0.4 is 15.4 Å². The van der Waals surface area contributed by atoms with Gasteiger partial charge in [0.25, 0.3) is 0 Å². The third-order valence-electron chi connectivity index (χ3n) is 2.83. The van der Waals surface area contributed by atoms with Gasteiger partial charge >= 0.3 is 0 Å². The number of rotatable bonds is 9. The van der Waals surface area contributed by atoms with Crippen LogP contribution in [-0.4, -0.2) is 39.3 Å². The standard InChI is InChI=1S/C16H27N3O2.HI/c1-4-10-18-16(17-5-2)19-11-12-21-13-14-8-6-7-9-15(14)20-3;/h6-9H,4-5,10-13H2,1-3H3,(H2,17,18,19);1H. The molecular formula is C16H28IN3O2. The molecule has 0 amide bonds. The molecule has 1 aromatic rings. The largest absolute Gasteiger partial charge is 0.496 e. The number of aliphatic imine (C=N–C) groups is 1. The first-order chi connectivity index (χ1) is 10.3. The summed E-state index contributed by atoms with van der Waals surface area (Å²) < 4.78 is 11.0. The van der Waals surface area contributed by atoms with Gasteiger partial charge in [0.1, 0.15) is 5.75 Å². The minimum Gasteiger partial charge on any atom is -0.496 e. The number of hydrogen-bond donors (Lipinski definition) is 2. The number of benzene rings is 1. The third-order valence-corrected chi connectivity index (χ3v) is 2.83. The molecular weight excluding hydrogens is 393 g/mol. The van der Waals surface area contributed by atoms with Crippen LogP contribution in [0.3, 0.4) is 0 Å². The molecule has 0 unspecified atom stereocenters. The van der Waals surface area contributed by atoms with Crippen molar-refractivity contribution >= 4 is 29.9 Å². The van der Waals surface area contributed by atoms with Gasteiger partial charge in [-0.15, -0.1) is 24.0 Å². The Bertz CT molecular complexity index is 428. The molecule has 0 radical (unpaired) electrons. The average Bonchev–Trinajstić information content (AvgIpc) is 2.52. The minimum atomic E-state index is 0. The van der Waals surface area contributed by atoms with Crippen LogP contribution in [0.15, 0.2) is 29.3 Å². The quantitative estimate of drug-likeness (QED) is 0.279. The first kappa shape index (κ1) is 21.0. The topological polar surface area (TPSA) is 54.9 Å². The van der Waals surface area contributed by atoms with Gasteiger partial charge in [-0.25, -0.2) is 0 Å². The lowest BCUT2D eigenvalue weighted by Crippen LogP contribution is -2.39. The lowest BCUT2D eigenvalue weighted by atomic mass is 10.2. The van der Waals surface area contributed by atoms with Gasteiger partial charge in [-0.1, -0.05) is 25.1 Å². The number of halogens is 1. The highest BCUT2D eigenvalue weighted by molar-refractivity contribution is 14.0. The van der Waals surface area contributed by atoms with Crippen molar-refractivity contribution in [1.82, 2.24) is 10.6 Å². The number of ether oxygens (including phenoxy) is 2. The lowest BCUT2D eigenvalue weighted by molar-refractivity contribution is 0.123. The minimum absolute atomic E-state index is 0. The van der Waals surface area contributed by atoms with Crippen molar-refractivity contribution in [2.75, 3.05) is 33.4 Å². The van der Waals surface area contributed by atoms with Gasteiger partial charge in [-0.3, -0.25) is 4.99 Å². The molecule has 0 bridgehead atoms. The number of nitrogens with zero attached hydrogens (tertiary/aromatic N) is 1. The number of para-hydroxylation sites is 1. The molecule has 22 heavy (non-hydrogen) atoms. The molecule has 0 heterocycles. The second kappa shape index (κ2) is 13.6. The van der Waals surface area contributed by atoms with E-state index in [1.54, 1.807) is 7.11 Å². The van der Waals surface area contributed by atoms with Gasteiger partial charge in [-0.05, 0) is 19.4 Å². The Morgan fingerprint density at radius 2 is 1.95 bits per heavy atom. The third kappa shape index (κ3) is 8.43. The highest BCUT2D eigenvalue weighted by atomic mass is 127. The summed E-state index contributed by atoms with van der Waals surface area (Å²) in [5.41, 5.74) is 1.06. The van der Waals surface area contributed by atoms with Gasteiger partial charge < -0.3 is 20.1 Å². The fraction of sp³-hybridized carbons (Fsp3) is 0.562. The van der Waals surface area contributed by atoms with Gasteiger partial charge in [-0.2, -0.15) is 0 Å². The summed E-state index contributed by atoms with van der Waals surface area (Å²) in [6.07, 6.45) is 1.04. The van der Waals surface area contributed by atoms with E-state index in [2.05, 4.69) is 29.5 Å². The maximum atomic E-state index is 5.67. The Morgan fingerprint density at radius 3 is 2.64 bits per heavy atom. The van der Waals surface area contributed by atoms with Crippen molar-refractivity contribution in [3.8, 4) is 5.75 Å². The molecule has 0 saturated carbocycles. The second-order valence-corrected chi connectivity index (χ2v) is 4.55. The smallest absolute Gasteiger partial charge is 0.191 e. The van der Waals surface area contributed by atoms with Crippen LogP contribution >= 0.6 is 24.0 Å². The molecule has 0 aromatic heterocycles. The molecule has 1 aromatic carbocycles. The Kier molecular flexibility index (Phi) is 13.0. The summed E-state index contributed by atoms with van der Waals surface area (Å²) in [4.78, 5) is 4.43. The maximum Gasteiger partial charge on any atom is 0.191 e. The molecule has 6 heteroatoms. The molecule has 1 rings (SSSR count). The summed E-state index contributed by atoms with van der Waals surface area (Å²) in [5.74, 6) is 1.71. The van der Waals surface area contributed by atoms with E-state index in [-0.39, 0.29) is 24.0 Å². The molecule has 5 nitrogen and oxygen atoms in total.